The average Bonchev–Trinajstić information content (AvgIpc) is 2.37. The fourth-order valence-corrected chi connectivity index (χ4v) is 2.51. The first-order valence-electron chi connectivity index (χ1n) is 5.41. The molecule has 1 aromatic rings. The van der Waals surface area contributed by atoms with Crippen LogP contribution < -0.4 is 4.74 Å². The third-order valence-corrected chi connectivity index (χ3v) is 3.79. The second-order valence-electron chi connectivity index (χ2n) is 3.91. The zero-order valence-corrected chi connectivity index (χ0v) is 15.6. The van der Waals surface area contributed by atoms with Gasteiger partial charge < -0.3 is 9.64 Å². The summed E-state index contributed by atoms with van der Waals surface area (Å²) in [6.07, 6.45) is 3.56. The molecular formula is C13H12FINO2Y-. The maximum atomic E-state index is 13.9. The number of halogens is 2. The molecule has 1 radical (unpaired) electrons. The predicted molar refractivity (Wildman–Crippen MR) is 74.8 cm³/mol. The summed E-state index contributed by atoms with van der Waals surface area (Å²) in [5.74, 6) is -0.0536. The Kier molecular flexibility index (Phi) is 6.40. The van der Waals surface area contributed by atoms with Crippen LogP contribution in [-0.4, -0.2) is 28.9 Å². The first-order valence-corrected chi connectivity index (χ1v) is 6.66. The van der Waals surface area contributed by atoms with Gasteiger partial charge in [0.2, 0.25) is 5.91 Å². The van der Waals surface area contributed by atoms with Crippen LogP contribution in [0.15, 0.2) is 18.2 Å². The summed E-state index contributed by atoms with van der Waals surface area (Å²) < 4.78 is 18.9. The topological polar surface area (TPSA) is 29.5 Å². The number of nitrogens with zero attached hydrogens (tertiary/aromatic N) is 1. The van der Waals surface area contributed by atoms with E-state index in [-0.39, 0.29) is 42.5 Å². The normalized spacial score (nSPS) is 18.7. The van der Waals surface area contributed by atoms with E-state index in [0.29, 0.717) is 23.4 Å². The van der Waals surface area contributed by atoms with Crippen LogP contribution in [0.1, 0.15) is 12.0 Å². The van der Waals surface area contributed by atoms with Crippen LogP contribution in [-0.2, 0) is 37.5 Å². The fourth-order valence-electron chi connectivity index (χ4n) is 1.87. The maximum absolute atomic E-state index is 13.9. The summed E-state index contributed by atoms with van der Waals surface area (Å²) in [6, 6.07) is 4.59. The Balaban J connectivity index is 0.00000180. The van der Waals surface area contributed by atoms with Crippen molar-refractivity contribution in [2.75, 3.05) is 14.2 Å². The molecule has 0 aliphatic carbocycles. The Morgan fingerprint density at radius 3 is 2.84 bits per heavy atom. The van der Waals surface area contributed by atoms with E-state index in [1.807, 2.05) is 0 Å². The number of carbonyl (C=O) groups is 1. The van der Waals surface area contributed by atoms with Gasteiger partial charge in [0, 0.05) is 39.8 Å². The van der Waals surface area contributed by atoms with E-state index in [0.717, 1.165) is 0 Å². The van der Waals surface area contributed by atoms with Gasteiger partial charge in [-0.3, -0.25) is 4.79 Å². The van der Waals surface area contributed by atoms with Gasteiger partial charge in [-0.15, -0.1) is 5.70 Å². The number of alkyl halides is 1. The van der Waals surface area contributed by atoms with Gasteiger partial charge in [0.15, 0.2) is 0 Å². The summed E-state index contributed by atoms with van der Waals surface area (Å²) in [6.45, 7) is 0. The van der Waals surface area contributed by atoms with Crippen molar-refractivity contribution in [1.29, 1.82) is 0 Å². The SMILES string of the molecule is COc1cccc(F)c1C1=[C-]CC(I)C(=O)N1C.[Y]. The first kappa shape index (κ1) is 17.0. The molecule has 0 saturated carbocycles. The minimum atomic E-state index is -0.414. The van der Waals surface area contributed by atoms with E-state index in [2.05, 4.69) is 28.7 Å². The number of benzene rings is 1. The molecule has 3 nitrogen and oxygen atoms in total. The molecule has 1 atom stereocenters. The second-order valence-corrected chi connectivity index (χ2v) is 5.42. The minimum absolute atomic E-state index is 0. The molecule has 2 rings (SSSR count). The van der Waals surface area contributed by atoms with Crippen LogP contribution in [0.4, 0.5) is 4.39 Å². The number of ether oxygens (including phenoxy) is 1. The van der Waals surface area contributed by atoms with E-state index in [1.54, 1.807) is 19.2 Å². The molecule has 1 aliphatic rings. The molecule has 19 heavy (non-hydrogen) atoms. The van der Waals surface area contributed by atoms with Crippen molar-refractivity contribution in [2.24, 2.45) is 0 Å². The molecule has 1 amide bonds. The van der Waals surface area contributed by atoms with Gasteiger partial charge in [-0.2, -0.15) is 0 Å². The maximum Gasteiger partial charge on any atom is 0.235 e. The van der Waals surface area contributed by atoms with E-state index >= 15 is 0 Å². The molecule has 1 aliphatic heterocycles. The van der Waals surface area contributed by atoms with Crippen molar-refractivity contribution in [1.82, 2.24) is 4.90 Å². The van der Waals surface area contributed by atoms with Crippen LogP contribution in [0.25, 0.3) is 5.70 Å². The van der Waals surface area contributed by atoms with Crippen molar-refractivity contribution in [3.63, 3.8) is 0 Å². The largest absolute Gasteiger partial charge is 0.515 e. The van der Waals surface area contributed by atoms with Gasteiger partial charge in [-0.1, -0.05) is 40.6 Å². The van der Waals surface area contributed by atoms with Gasteiger partial charge in [-0.25, -0.2) is 10.5 Å². The molecule has 0 N–H and O–H groups in total. The summed E-state index contributed by atoms with van der Waals surface area (Å²) >= 11 is 2.06. The molecular weight excluding hydrogens is 437 g/mol. The molecule has 0 saturated heterocycles. The third kappa shape index (κ3) is 3.36. The van der Waals surface area contributed by atoms with Crippen molar-refractivity contribution in [3.8, 4) is 5.75 Å². The molecule has 6 heteroatoms. The summed E-state index contributed by atoms with van der Waals surface area (Å²) in [5.41, 5.74) is 0.738. The van der Waals surface area contributed by atoms with Gasteiger partial charge in [0.05, 0.1) is 22.6 Å². The van der Waals surface area contributed by atoms with Crippen LogP contribution in [0, 0.1) is 11.9 Å². The molecule has 1 unspecified atom stereocenters. The molecule has 1 heterocycles. The van der Waals surface area contributed by atoms with E-state index in [9.17, 15) is 9.18 Å². The molecule has 0 fully saturated rings. The number of hydrogen-bond acceptors (Lipinski definition) is 2. The second kappa shape index (κ2) is 7.13. The van der Waals surface area contributed by atoms with Gasteiger partial charge in [-0.05, 0) is 12.1 Å². The van der Waals surface area contributed by atoms with Crippen LogP contribution >= 0.6 is 22.6 Å². The van der Waals surface area contributed by atoms with Gasteiger partial charge in [0.25, 0.3) is 0 Å². The number of allylic oxidation sites excluding steroid dienone is 1. The summed E-state index contributed by atoms with van der Waals surface area (Å²) in [5, 5.41) is 0. The Labute approximate surface area is 150 Å². The van der Waals surface area contributed by atoms with E-state index in [4.69, 9.17) is 4.74 Å². The number of carbonyl (C=O) groups excluding carboxylic acids is 1. The minimum Gasteiger partial charge on any atom is -0.515 e. The summed E-state index contributed by atoms with van der Waals surface area (Å²) in [4.78, 5) is 13.3. The van der Waals surface area contributed by atoms with Crippen molar-refractivity contribution >= 4 is 34.2 Å². The monoisotopic (exact) mass is 449 g/mol. The van der Waals surface area contributed by atoms with E-state index < -0.39 is 5.82 Å². The Hall–Kier alpha value is -0.00610. The number of rotatable bonds is 2. The quantitative estimate of drug-likeness (QED) is 0.395. The van der Waals surface area contributed by atoms with Crippen LogP contribution in [0.5, 0.6) is 5.75 Å². The van der Waals surface area contributed by atoms with Gasteiger partial charge in [0.1, 0.15) is 0 Å². The number of amides is 1. The molecule has 0 spiro atoms. The standard InChI is InChI=1S/C13H12FINO2.Y/c1-16-10(7-6-9(15)13(16)17)12-8(14)4-3-5-11(12)18-2;/h3-5,9H,6H2,1-2H3;/q-1;. The average molecular weight is 449 g/mol. The van der Waals surface area contributed by atoms with E-state index in [1.165, 1.54) is 18.1 Å². The van der Waals surface area contributed by atoms with Crippen molar-refractivity contribution < 1.29 is 46.6 Å². The zero-order valence-electron chi connectivity index (χ0n) is 10.6. The zero-order chi connectivity index (χ0) is 13.3. The Morgan fingerprint density at radius 1 is 1.53 bits per heavy atom. The van der Waals surface area contributed by atoms with Crippen LogP contribution in [0.2, 0.25) is 0 Å². The third-order valence-electron chi connectivity index (χ3n) is 2.81. The fraction of sp³-hybridized carbons (Fsp3) is 0.308. The first-order chi connectivity index (χ1) is 8.56. The Bertz CT molecular complexity index is 521. The Morgan fingerprint density at radius 2 is 2.21 bits per heavy atom. The van der Waals surface area contributed by atoms with Crippen molar-refractivity contribution in [2.45, 2.75) is 10.3 Å². The molecule has 0 bridgehead atoms. The van der Waals surface area contributed by atoms with Crippen LogP contribution in [0.3, 0.4) is 0 Å². The number of methoxy groups -OCH3 is 1. The molecule has 0 aromatic heterocycles. The molecule has 1 aromatic carbocycles. The summed E-state index contributed by atoms with van der Waals surface area (Å²) in [7, 11) is 3.10. The number of hydrogen-bond donors (Lipinski definition) is 0. The van der Waals surface area contributed by atoms with Gasteiger partial charge >= 0.3 is 0 Å². The predicted octanol–water partition coefficient (Wildman–Crippen LogP) is 2.64. The molecule has 99 valence electrons. The smallest absolute Gasteiger partial charge is 0.235 e. The van der Waals surface area contributed by atoms with Crippen molar-refractivity contribution in [3.05, 3.63) is 35.7 Å².